The molecule has 0 atom stereocenters. The van der Waals surface area contributed by atoms with Gasteiger partial charge in [0.1, 0.15) is 5.60 Å². The number of alkyl carbamates (subject to hydrolysis) is 1. The number of nitrogens with one attached hydrogen (secondary N) is 1. The highest BCUT2D eigenvalue weighted by atomic mass is 16.6. The topological polar surface area (TPSA) is 38.3 Å². The Morgan fingerprint density at radius 3 is 2.45 bits per heavy atom. The van der Waals surface area contributed by atoms with E-state index in [2.05, 4.69) is 36.2 Å². The maximum atomic E-state index is 11.4. The minimum atomic E-state index is -0.462. The summed E-state index contributed by atoms with van der Waals surface area (Å²) in [5, 5.41) is 2.68. The Balaban J connectivity index is 2.30. The third-order valence-corrected chi connectivity index (χ3v) is 2.51. The lowest BCUT2D eigenvalue weighted by molar-refractivity contribution is 0.0529. The number of benzene rings is 1. The predicted octanol–water partition coefficient (Wildman–Crippen LogP) is 3.52. The third-order valence-electron chi connectivity index (χ3n) is 2.51. The molecule has 20 heavy (non-hydrogen) atoms. The number of aryl methyl sites for hydroxylation is 1. The maximum Gasteiger partial charge on any atom is 0.407 e. The number of ether oxygens (including phenoxy) is 1. The summed E-state index contributed by atoms with van der Waals surface area (Å²) in [5.41, 5.74) is 1.85. The standard InChI is InChI=1S/C17H23NO2/c1-5-14-9-11-15(12-10-14)8-6-7-13-18-16(19)20-17(2,3)4/h9-12H,5,7,13H2,1-4H3,(H,18,19). The van der Waals surface area contributed by atoms with Gasteiger partial charge in [-0.3, -0.25) is 0 Å². The summed E-state index contributed by atoms with van der Waals surface area (Å²) in [5.74, 6) is 6.11. The molecule has 3 nitrogen and oxygen atoms in total. The van der Waals surface area contributed by atoms with Gasteiger partial charge in [0.2, 0.25) is 0 Å². The molecule has 0 bridgehead atoms. The summed E-state index contributed by atoms with van der Waals surface area (Å²) >= 11 is 0. The molecule has 0 aliphatic carbocycles. The molecule has 1 rings (SSSR count). The molecule has 0 fully saturated rings. The summed E-state index contributed by atoms with van der Waals surface area (Å²) in [6.45, 7) is 8.14. The van der Waals surface area contributed by atoms with Crippen LogP contribution in [0.3, 0.4) is 0 Å². The van der Waals surface area contributed by atoms with Gasteiger partial charge in [0.15, 0.2) is 0 Å². The van der Waals surface area contributed by atoms with Crippen molar-refractivity contribution in [3.05, 3.63) is 35.4 Å². The average molecular weight is 273 g/mol. The normalized spacial score (nSPS) is 10.4. The second-order valence-corrected chi connectivity index (χ2v) is 5.53. The van der Waals surface area contributed by atoms with Gasteiger partial charge in [-0.15, -0.1) is 0 Å². The lowest BCUT2D eigenvalue weighted by Crippen LogP contribution is -2.32. The number of hydrogen-bond acceptors (Lipinski definition) is 2. The molecular formula is C17H23NO2. The Bertz CT molecular complexity index is 486. The average Bonchev–Trinajstić information content (AvgIpc) is 2.37. The first kappa shape index (κ1) is 16.1. The summed E-state index contributed by atoms with van der Waals surface area (Å²) in [4.78, 5) is 11.4. The summed E-state index contributed by atoms with van der Waals surface area (Å²) in [6, 6.07) is 8.21. The number of rotatable bonds is 3. The van der Waals surface area contributed by atoms with Gasteiger partial charge in [0.25, 0.3) is 0 Å². The van der Waals surface area contributed by atoms with Crippen LogP contribution in [0.15, 0.2) is 24.3 Å². The lowest BCUT2D eigenvalue weighted by Gasteiger charge is -2.19. The molecule has 0 aliphatic heterocycles. The molecular weight excluding hydrogens is 250 g/mol. The van der Waals surface area contributed by atoms with Crippen LogP contribution in [-0.4, -0.2) is 18.2 Å². The summed E-state index contributed by atoms with van der Waals surface area (Å²) < 4.78 is 5.13. The molecule has 0 aliphatic rings. The molecule has 108 valence electrons. The van der Waals surface area contributed by atoms with Gasteiger partial charge in [-0.2, -0.15) is 0 Å². The molecule has 1 amide bonds. The zero-order valence-electron chi connectivity index (χ0n) is 12.7. The number of hydrogen-bond donors (Lipinski definition) is 1. The van der Waals surface area contributed by atoms with E-state index in [1.54, 1.807) is 0 Å². The monoisotopic (exact) mass is 273 g/mol. The van der Waals surface area contributed by atoms with Crippen LogP contribution in [0.25, 0.3) is 0 Å². The van der Waals surface area contributed by atoms with E-state index >= 15 is 0 Å². The van der Waals surface area contributed by atoms with E-state index in [1.807, 2.05) is 32.9 Å². The first-order valence-electron chi connectivity index (χ1n) is 6.95. The smallest absolute Gasteiger partial charge is 0.407 e. The van der Waals surface area contributed by atoms with Crippen molar-refractivity contribution >= 4 is 6.09 Å². The van der Waals surface area contributed by atoms with Crippen LogP contribution in [-0.2, 0) is 11.2 Å². The van der Waals surface area contributed by atoms with Gasteiger partial charge < -0.3 is 10.1 Å². The Morgan fingerprint density at radius 2 is 1.90 bits per heavy atom. The highest BCUT2D eigenvalue weighted by molar-refractivity contribution is 5.67. The Kier molecular flexibility index (Phi) is 6.11. The van der Waals surface area contributed by atoms with E-state index in [-0.39, 0.29) is 0 Å². The van der Waals surface area contributed by atoms with Crippen LogP contribution in [0.5, 0.6) is 0 Å². The Morgan fingerprint density at radius 1 is 1.25 bits per heavy atom. The van der Waals surface area contributed by atoms with E-state index in [4.69, 9.17) is 4.74 Å². The fourth-order valence-corrected chi connectivity index (χ4v) is 1.53. The van der Waals surface area contributed by atoms with Crippen molar-refractivity contribution in [2.24, 2.45) is 0 Å². The maximum absolute atomic E-state index is 11.4. The number of carbonyl (C=O) groups is 1. The SMILES string of the molecule is CCc1ccc(C#CCCNC(=O)OC(C)(C)C)cc1. The van der Waals surface area contributed by atoms with Crippen LogP contribution < -0.4 is 5.32 Å². The quantitative estimate of drug-likeness (QED) is 0.676. The van der Waals surface area contributed by atoms with Crippen molar-refractivity contribution in [3.8, 4) is 11.8 Å². The molecule has 0 aromatic heterocycles. The highest BCUT2D eigenvalue weighted by Crippen LogP contribution is 2.06. The largest absolute Gasteiger partial charge is 0.444 e. The molecule has 1 N–H and O–H groups in total. The number of carbonyl (C=O) groups excluding carboxylic acids is 1. The van der Waals surface area contributed by atoms with Gasteiger partial charge in [-0.1, -0.05) is 30.9 Å². The molecule has 0 spiro atoms. The van der Waals surface area contributed by atoms with Crippen LogP contribution in [0.1, 0.15) is 45.2 Å². The first-order valence-corrected chi connectivity index (χ1v) is 6.95. The predicted molar refractivity (Wildman–Crippen MR) is 81.6 cm³/mol. The fraction of sp³-hybridized carbons (Fsp3) is 0.471. The van der Waals surface area contributed by atoms with Crippen molar-refractivity contribution < 1.29 is 9.53 Å². The van der Waals surface area contributed by atoms with Crippen molar-refractivity contribution in [2.75, 3.05) is 6.54 Å². The van der Waals surface area contributed by atoms with Crippen molar-refractivity contribution in [1.82, 2.24) is 5.32 Å². The zero-order valence-corrected chi connectivity index (χ0v) is 12.7. The van der Waals surface area contributed by atoms with Crippen molar-refractivity contribution in [2.45, 2.75) is 46.1 Å². The minimum Gasteiger partial charge on any atom is -0.444 e. The molecule has 0 radical (unpaired) electrons. The minimum absolute atomic E-state index is 0.397. The Labute approximate surface area is 121 Å². The van der Waals surface area contributed by atoms with Gasteiger partial charge in [0.05, 0.1) is 0 Å². The molecule has 0 saturated heterocycles. The van der Waals surface area contributed by atoms with Gasteiger partial charge in [-0.05, 0) is 44.9 Å². The van der Waals surface area contributed by atoms with Gasteiger partial charge in [-0.25, -0.2) is 4.79 Å². The van der Waals surface area contributed by atoms with E-state index < -0.39 is 11.7 Å². The van der Waals surface area contributed by atoms with Crippen LogP contribution in [0, 0.1) is 11.8 Å². The third kappa shape index (κ3) is 6.84. The summed E-state index contributed by atoms with van der Waals surface area (Å²) in [6.07, 6.45) is 1.24. The fourth-order valence-electron chi connectivity index (χ4n) is 1.53. The lowest BCUT2D eigenvalue weighted by atomic mass is 10.1. The Hall–Kier alpha value is -1.95. The molecule has 3 heteroatoms. The van der Waals surface area contributed by atoms with E-state index in [0.29, 0.717) is 13.0 Å². The van der Waals surface area contributed by atoms with Crippen molar-refractivity contribution in [1.29, 1.82) is 0 Å². The van der Waals surface area contributed by atoms with E-state index in [0.717, 1.165) is 12.0 Å². The number of amides is 1. The van der Waals surface area contributed by atoms with E-state index in [1.165, 1.54) is 5.56 Å². The second-order valence-electron chi connectivity index (χ2n) is 5.53. The molecule has 1 aromatic rings. The van der Waals surface area contributed by atoms with Gasteiger partial charge in [0, 0.05) is 18.5 Å². The molecule has 0 saturated carbocycles. The van der Waals surface area contributed by atoms with Crippen LogP contribution >= 0.6 is 0 Å². The second kappa shape index (κ2) is 7.59. The first-order chi connectivity index (χ1) is 9.40. The zero-order chi connectivity index (χ0) is 15.0. The van der Waals surface area contributed by atoms with Gasteiger partial charge >= 0.3 is 6.09 Å². The van der Waals surface area contributed by atoms with Crippen LogP contribution in [0.2, 0.25) is 0 Å². The van der Waals surface area contributed by atoms with E-state index in [9.17, 15) is 4.79 Å². The van der Waals surface area contributed by atoms with Crippen LogP contribution in [0.4, 0.5) is 4.79 Å². The van der Waals surface area contributed by atoms with Crippen molar-refractivity contribution in [3.63, 3.8) is 0 Å². The highest BCUT2D eigenvalue weighted by Gasteiger charge is 2.15. The molecule has 1 aromatic carbocycles. The molecule has 0 heterocycles. The summed E-state index contributed by atoms with van der Waals surface area (Å²) in [7, 11) is 0. The molecule has 0 unspecified atom stereocenters.